The second-order valence-electron chi connectivity index (χ2n) is 1.08. The van der Waals surface area contributed by atoms with Crippen molar-refractivity contribution in [2.45, 2.75) is 11.0 Å². The molecule has 0 saturated carbocycles. The molecule has 46 valence electrons. The Bertz CT molecular complexity index is 55.7. The normalized spacial score (nSPS) is 14.6. The molecule has 0 heterocycles. The first-order valence-corrected chi connectivity index (χ1v) is 7.93. The molecule has 7 heavy (non-hydrogen) atoms. The quantitative estimate of drug-likeness (QED) is 0.273. The molecule has 0 aromatic carbocycles. The van der Waals surface area contributed by atoms with E-state index in [9.17, 15) is 0 Å². The van der Waals surface area contributed by atoms with E-state index < -0.39 is 0 Å². The van der Waals surface area contributed by atoms with E-state index in [0.717, 1.165) is 4.05 Å². The zero-order valence-corrected chi connectivity index (χ0v) is 8.86. The number of rotatable bonds is 3. The van der Waals surface area contributed by atoms with Crippen LogP contribution >= 0.6 is 21.0 Å². The monoisotopic (exact) mass is 326 g/mol. The van der Waals surface area contributed by atoms with E-state index in [1.165, 1.54) is 0 Å². The van der Waals surface area contributed by atoms with Crippen LogP contribution in [0.25, 0.3) is 0 Å². The van der Waals surface area contributed by atoms with Gasteiger partial charge in [-0.1, -0.05) is 0 Å². The predicted molar refractivity (Wildman–Crippen MR) is 39.7 cm³/mol. The van der Waals surface area contributed by atoms with Crippen molar-refractivity contribution in [2.24, 2.45) is 0 Å². The van der Waals surface area contributed by atoms with Gasteiger partial charge in [0.15, 0.2) is 0 Å². The summed E-state index contributed by atoms with van der Waals surface area (Å²) >= 11 is 0.503. The zero-order chi connectivity index (χ0) is 5.70. The molecule has 1 atom stereocenters. The van der Waals surface area contributed by atoms with Gasteiger partial charge < -0.3 is 0 Å². The van der Waals surface area contributed by atoms with Crippen LogP contribution in [0.4, 0.5) is 0 Å². The van der Waals surface area contributed by atoms with Crippen molar-refractivity contribution < 1.29 is 21.2 Å². The molecule has 0 unspecified atom stereocenters. The Labute approximate surface area is 65.6 Å². The molecule has 0 aliphatic carbocycles. The fourth-order valence-electron chi connectivity index (χ4n) is 0.148. The molecular weight excluding hydrogens is 316 g/mol. The number of nitrogens with one attached hydrogen (secondary N) is 1. The van der Waals surface area contributed by atoms with Gasteiger partial charge in [-0.05, 0) is 0 Å². The molecule has 1 nitrogen and oxygen atoms in total. The zero-order valence-electron chi connectivity index (χ0n) is 4.54. The summed E-state index contributed by atoms with van der Waals surface area (Å²) in [6.07, 6.45) is 0. The van der Waals surface area contributed by atoms with Gasteiger partial charge in [-0.25, -0.2) is 0 Å². The number of hydrogen-bond acceptors (Lipinski definition) is 1. The van der Waals surface area contributed by atoms with Crippen LogP contribution < -0.4 is 24.7 Å². The summed E-state index contributed by atoms with van der Waals surface area (Å²) in [5.41, 5.74) is 0. The fraction of sp³-hybridized carbons (Fsp3) is 0.750. The maximum absolute atomic E-state index is 3.79. The van der Waals surface area contributed by atoms with Gasteiger partial charge in [-0.2, -0.15) is 0 Å². The van der Waals surface area contributed by atoms with Gasteiger partial charge in [0.25, 0.3) is 0 Å². The van der Waals surface area contributed by atoms with Gasteiger partial charge in [0.2, 0.25) is 0 Å². The molecule has 0 aromatic rings. The van der Waals surface area contributed by atoms with Crippen molar-refractivity contribution >= 4 is 25.5 Å². The molecule has 0 radical (unpaired) electrons. The molecule has 0 fully saturated rings. The Morgan fingerprint density at radius 1 is 1.86 bits per heavy atom. The first-order chi connectivity index (χ1) is 3.31. The third kappa shape index (κ3) is 5.16. The molecule has 0 amide bonds. The van der Waals surface area contributed by atoms with Gasteiger partial charge in [0.05, 0.1) is 0 Å². The molecule has 0 rings (SSSR count). The van der Waals surface area contributed by atoms with E-state index in [-0.39, 0.29) is 21.0 Å². The van der Waals surface area contributed by atoms with Crippen LogP contribution in [-0.2, 0) is 0 Å². The van der Waals surface area contributed by atoms with Crippen molar-refractivity contribution in [1.82, 2.24) is 3.53 Å². The molecule has 1 N–H and O–H groups in total. The van der Waals surface area contributed by atoms with Crippen molar-refractivity contribution in [3.05, 3.63) is 0 Å². The second kappa shape index (κ2) is 5.43. The number of alkyl halides is 2. The van der Waals surface area contributed by atoms with Crippen LogP contribution in [-0.4, -0.2) is 13.5 Å². The molecule has 0 aromatic heterocycles. The molecule has 0 aliphatic heterocycles. The minimum absolute atomic E-state index is 0.0883. The van der Waals surface area contributed by atoms with Gasteiger partial charge in [-0.3, -0.25) is 0 Å². The molecule has 0 bridgehead atoms. The van der Waals surface area contributed by atoms with E-state index >= 15 is 0 Å². The van der Waals surface area contributed by atoms with Crippen molar-refractivity contribution in [3.8, 4) is 0 Å². The van der Waals surface area contributed by atoms with Gasteiger partial charge in [-0.15, -0.1) is 0 Å². The summed E-state index contributed by atoms with van der Waals surface area (Å²) in [4.78, 5) is 2.29. The van der Waals surface area contributed by atoms with Crippen LogP contribution in [0.1, 0.15) is 6.92 Å². The first-order valence-electron chi connectivity index (χ1n) is 1.92. The van der Waals surface area contributed by atoms with Crippen LogP contribution in [0.15, 0.2) is 0 Å². The Morgan fingerprint density at radius 3 is 2.57 bits per heavy atom. The van der Waals surface area contributed by atoms with Crippen molar-refractivity contribution in [2.75, 3.05) is 4.93 Å². The van der Waals surface area contributed by atoms with Gasteiger partial charge >= 0.3 is 66.2 Å². The van der Waals surface area contributed by atoms with Crippen LogP contribution in [0.2, 0.25) is 0 Å². The van der Waals surface area contributed by atoms with Crippen molar-refractivity contribution in [3.63, 3.8) is 0 Å². The Kier molecular flexibility index (Phi) is 6.43. The third-order valence-electron chi connectivity index (χ3n) is 0.555. The third-order valence-corrected chi connectivity index (χ3v) is 5.30. The van der Waals surface area contributed by atoms with E-state index in [1.807, 2.05) is 0 Å². The van der Waals surface area contributed by atoms with Crippen LogP contribution in [0, 0.1) is 0 Å². The molecule has 0 aliphatic rings. The summed E-state index contributed by atoms with van der Waals surface area (Å²) in [5.74, 6) is 0. The number of halogens is 2. The molecule has 0 saturated heterocycles. The van der Waals surface area contributed by atoms with E-state index in [0.29, 0.717) is 21.2 Å². The Balaban J connectivity index is 2.98. The topological polar surface area (TPSA) is 12.0 Å². The summed E-state index contributed by atoms with van der Waals surface area (Å²) in [6, 6.07) is 0. The van der Waals surface area contributed by atoms with E-state index in [2.05, 4.69) is 19.9 Å². The Hall–Kier alpha value is 1.29. The maximum atomic E-state index is 3.79. The summed E-state index contributed by atoms with van der Waals surface area (Å²) in [7, 11) is 0. The summed E-state index contributed by atoms with van der Waals surface area (Å²) < 4.78 is 7.93. The number of hydrogen-bond donors (Lipinski definition) is 1. The van der Waals surface area contributed by atoms with E-state index in [4.69, 9.17) is 0 Å². The van der Waals surface area contributed by atoms with Crippen molar-refractivity contribution in [1.29, 1.82) is 0 Å². The summed E-state index contributed by atoms with van der Waals surface area (Å²) in [6.45, 7) is 2.23. The molecular formula is C4H10I2N-. The standard InChI is InChI=1S/C4H10I2N/c1-4(5-2)7-6-3/h4,7H,3H2,1-2H3/q-1/t4-/m0/s1. The average Bonchev–Trinajstić information content (AvgIpc) is 1.68. The summed E-state index contributed by atoms with van der Waals surface area (Å²) in [5, 5.41) is 0. The average molecular weight is 326 g/mol. The van der Waals surface area contributed by atoms with Crippen LogP contribution in [0.5, 0.6) is 0 Å². The second-order valence-corrected chi connectivity index (χ2v) is 5.58. The SMILES string of the molecule is C=IN[C@@H](C)[I-]C. The van der Waals surface area contributed by atoms with E-state index in [1.54, 1.807) is 0 Å². The van der Waals surface area contributed by atoms with Crippen LogP contribution in [0.3, 0.4) is 0 Å². The molecule has 3 heteroatoms. The van der Waals surface area contributed by atoms with Gasteiger partial charge in [0.1, 0.15) is 0 Å². The first kappa shape index (κ1) is 8.29. The van der Waals surface area contributed by atoms with Gasteiger partial charge in [0, 0.05) is 0 Å². The minimum atomic E-state index is 0.0883. The molecule has 0 spiro atoms. The fourth-order valence-corrected chi connectivity index (χ4v) is 3.69. The Morgan fingerprint density at radius 2 is 2.43 bits per heavy atom. The predicted octanol–water partition coefficient (Wildman–Crippen LogP) is -2.04.